The molecule has 2 heterocycles. The van der Waals surface area contributed by atoms with E-state index in [9.17, 15) is 14.7 Å². The van der Waals surface area contributed by atoms with E-state index in [-0.39, 0.29) is 18.7 Å². The minimum atomic E-state index is -1.05. The minimum absolute atomic E-state index is 0.188. The molecule has 1 atom stereocenters. The van der Waals surface area contributed by atoms with Crippen LogP contribution in [0.5, 0.6) is 5.75 Å². The van der Waals surface area contributed by atoms with Gasteiger partial charge >= 0.3 is 5.97 Å². The molecule has 0 aliphatic heterocycles. The summed E-state index contributed by atoms with van der Waals surface area (Å²) >= 11 is 0. The summed E-state index contributed by atoms with van der Waals surface area (Å²) in [4.78, 5) is 27.3. The number of aromatic nitrogens is 2. The molecular weight excluding hydrogens is 382 g/mol. The number of amides is 1. The van der Waals surface area contributed by atoms with Gasteiger partial charge in [0, 0.05) is 53.6 Å². The van der Waals surface area contributed by atoms with Crippen molar-refractivity contribution in [2.75, 3.05) is 7.11 Å². The van der Waals surface area contributed by atoms with Crippen molar-refractivity contribution in [3.8, 4) is 5.75 Å². The van der Waals surface area contributed by atoms with Gasteiger partial charge in [-0.25, -0.2) is 4.79 Å². The van der Waals surface area contributed by atoms with E-state index in [0.717, 1.165) is 33.1 Å². The molecular formula is C23H23N3O4. The highest BCUT2D eigenvalue weighted by atomic mass is 16.5. The number of ether oxygens (including phenoxy) is 1. The molecule has 0 saturated heterocycles. The number of carbonyl (C=O) groups is 2. The highest BCUT2D eigenvalue weighted by Crippen LogP contribution is 2.22. The lowest BCUT2D eigenvalue weighted by molar-refractivity contribution is -0.141. The minimum Gasteiger partial charge on any atom is -0.497 e. The van der Waals surface area contributed by atoms with Gasteiger partial charge in [0.2, 0.25) is 5.91 Å². The molecule has 154 valence electrons. The third-order valence-electron chi connectivity index (χ3n) is 5.29. The number of aromatic amines is 1. The van der Waals surface area contributed by atoms with Crippen LogP contribution >= 0.6 is 0 Å². The molecule has 4 aromatic rings. The summed E-state index contributed by atoms with van der Waals surface area (Å²) < 4.78 is 7.21. The molecule has 7 heteroatoms. The molecule has 0 spiro atoms. The SMILES string of the molecule is COc1ccc2c(ccn2CCC(=O)N[C@@H](Cc2c[nH]c3ccccc23)C(=O)O)c1. The van der Waals surface area contributed by atoms with Gasteiger partial charge in [-0.3, -0.25) is 4.79 Å². The molecule has 0 aliphatic carbocycles. The van der Waals surface area contributed by atoms with Crippen molar-refractivity contribution in [1.82, 2.24) is 14.9 Å². The lowest BCUT2D eigenvalue weighted by Crippen LogP contribution is -2.42. The fraction of sp³-hybridized carbons (Fsp3) is 0.217. The maximum absolute atomic E-state index is 12.5. The first-order valence-electron chi connectivity index (χ1n) is 9.75. The highest BCUT2D eigenvalue weighted by Gasteiger charge is 2.21. The Bertz CT molecular complexity index is 1210. The molecule has 0 saturated carbocycles. The molecule has 3 N–H and O–H groups in total. The van der Waals surface area contributed by atoms with Crippen LogP contribution in [-0.4, -0.2) is 39.7 Å². The number of hydrogen-bond donors (Lipinski definition) is 3. The number of rotatable bonds is 8. The Labute approximate surface area is 173 Å². The van der Waals surface area contributed by atoms with Gasteiger partial charge < -0.3 is 24.7 Å². The summed E-state index contributed by atoms with van der Waals surface area (Å²) in [5.41, 5.74) is 2.81. The van der Waals surface area contributed by atoms with E-state index in [4.69, 9.17) is 4.74 Å². The first-order valence-corrected chi connectivity index (χ1v) is 9.75. The van der Waals surface area contributed by atoms with Crippen LogP contribution in [0.4, 0.5) is 0 Å². The zero-order valence-electron chi connectivity index (χ0n) is 16.6. The van der Waals surface area contributed by atoms with Crippen molar-refractivity contribution in [2.24, 2.45) is 0 Å². The van der Waals surface area contributed by atoms with Crippen LogP contribution < -0.4 is 10.1 Å². The van der Waals surface area contributed by atoms with E-state index in [1.165, 1.54) is 0 Å². The van der Waals surface area contributed by atoms with Gasteiger partial charge in [-0.15, -0.1) is 0 Å². The second-order valence-corrected chi connectivity index (χ2v) is 7.21. The summed E-state index contributed by atoms with van der Waals surface area (Å²) in [5.74, 6) is -0.565. The molecule has 0 aliphatic rings. The van der Waals surface area contributed by atoms with Gasteiger partial charge in [-0.05, 0) is 35.9 Å². The Morgan fingerprint density at radius 2 is 2.03 bits per heavy atom. The van der Waals surface area contributed by atoms with Crippen molar-refractivity contribution in [3.63, 3.8) is 0 Å². The normalized spacial score (nSPS) is 12.2. The average molecular weight is 405 g/mol. The third kappa shape index (κ3) is 4.00. The van der Waals surface area contributed by atoms with Gasteiger partial charge in [0.25, 0.3) is 0 Å². The van der Waals surface area contributed by atoms with Crippen molar-refractivity contribution < 1.29 is 19.4 Å². The highest BCUT2D eigenvalue weighted by molar-refractivity contribution is 5.87. The Hall–Kier alpha value is -3.74. The number of aryl methyl sites for hydroxylation is 1. The summed E-state index contributed by atoms with van der Waals surface area (Å²) in [6, 6.07) is 14.4. The molecule has 0 fully saturated rings. The molecule has 0 radical (unpaired) electrons. The van der Waals surface area contributed by atoms with Crippen molar-refractivity contribution in [3.05, 3.63) is 66.5 Å². The topological polar surface area (TPSA) is 96.4 Å². The summed E-state index contributed by atoms with van der Waals surface area (Å²) in [5, 5.41) is 14.2. The van der Waals surface area contributed by atoms with E-state index in [1.807, 2.05) is 59.3 Å². The number of aliphatic carboxylic acids is 1. The third-order valence-corrected chi connectivity index (χ3v) is 5.29. The van der Waals surface area contributed by atoms with Crippen LogP contribution in [0, 0.1) is 0 Å². The fourth-order valence-electron chi connectivity index (χ4n) is 3.71. The Balaban J connectivity index is 1.41. The van der Waals surface area contributed by atoms with Gasteiger partial charge in [0.05, 0.1) is 7.11 Å². The van der Waals surface area contributed by atoms with Gasteiger partial charge in [0.15, 0.2) is 0 Å². The average Bonchev–Trinajstić information content (AvgIpc) is 3.35. The number of nitrogens with zero attached hydrogens (tertiary/aromatic N) is 1. The largest absolute Gasteiger partial charge is 0.497 e. The van der Waals surface area contributed by atoms with Crippen LogP contribution in [-0.2, 0) is 22.6 Å². The zero-order chi connectivity index (χ0) is 21.1. The van der Waals surface area contributed by atoms with Crippen LogP contribution in [0.25, 0.3) is 21.8 Å². The Morgan fingerprint density at radius 3 is 2.83 bits per heavy atom. The van der Waals surface area contributed by atoms with Crippen molar-refractivity contribution >= 4 is 33.7 Å². The summed E-state index contributed by atoms with van der Waals surface area (Å²) in [6.45, 7) is 0.459. The van der Waals surface area contributed by atoms with E-state index in [0.29, 0.717) is 6.54 Å². The number of benzene rings is 2. The van der Waals surface area contributed by atoms with E-state index in [2.05, 4.69) is 10.3 Å². The molecule has 2 aromatic heterocycles. The summed E-state index contributed by atoms with van der Waals surface area (Å²) in [6.07, 6.45) is 4.12. The maximum Gasteiger partial charge on any atom is 0.326 e. The zero-order valence-corrected chi connectivity index (χ0v) is 16.6. The smallest absolute Gasteiger partial charge is 0.326 e. The van der Waals surface area contributed by atoms with Gasteiger partial charge in [-0.2, -0.15) is 0 Å². The standard InChI is InChI=1S/C23H23N3O4/c1-30-17-6-7-21-15(12-17)8-10-26(21)11-9-22(27)25-20(23(28)29)13-16-14-24-19-5-3-2-4-18(16)19/h2-8,10,12,14,20,24H,9,11,13H2,1H3,(H,25,27)(H,28,29)/t20-/m0/s1. The molecule has 0 bridgehead atoms. The predicted molar refractivity (Wildman–Crippen MR) is 115 cm³/mol. The number of para-hydroxylation sites is 1. The number of methoxy groups -OCH3 is 1. The molecule has 4 rings (SSSR count). The van der Waals surface area contributed by atoms with E-state index < -0.39 is 12.0 Å². The number of hydrogen-bond acceptors (Lipinski definition) is 3. The maximum atomic E-state index is 12.5. The first-order chi connectivity index (χ1) is 14.5. The quantitative estimate of drug-likeness (QED) is 0.419. The second-order valence-electron chi connectivity index (χ2n) is 7.21. The van der Waals surface area contributed by atoms with Crippen molar-refractivity contribution in [1.29, 1.82) is 0 Å². The number of carbonyl (C=O) groups excluding carboxylic acids is 1. The molecule has 1 amide bonds. The van der Waals surface area contributed by atoms with Crippen LogP contribution in [0.1, 0.15) is 12.0 Å². The monoisotopic (exact) mass is 405 g/mol. The number of nitrogens with one attached hydrogen (secondary N) is 2. The number of carboxylic acids is 1. The van der Waals surface area contributed by atoms with Crippen LogP contribution in [0.15, 0.2) is 60.9 Å². The molecule has 2 aromatic carbocycles. The predicted octanol–water partition coefficient (Wildman–Crippen LogP) is 3.33. The summed E-state index contributed by atoms with van der Waals surface area (Å²) in [7, 11) is 1.62. The fourth-order valence-corrected chi connectivity index (χ4v) is 3.71. The second kappa shape index (κ2) is 8.32. The molecule has 7 nitrogen and oxygen atoms in total. The van der Waals surface area contributed by atoms with Gasteiger partial charge in [0.1, 0.15) is 11.8 Å². The van der Waals surface area contributed by atoms with Crippen LogP contribution in [0.2, 0.25) is 0 Å². The Morgan fingerprint density at radius 1 is 1.20 bits per heavy atom. The van der Waals surface area contributed by atoms with Gasteiger partial charge in [-0.1, -0.05) is 18.2 Å². The van der Waals surface area contributed by atoms with Crippen molar-refractivity contribution in [2.45, 2.75) is 25.4 Å². The van der Waals surface area contributed by atoms with E-state index in [1.54, 1.807) is 13.3 Å². The first kappa shape index (κ1) is 19.6. The molecule has 30 heavy (non-hydrogen) atoms. The van der Waals surface area contributed by atoms with Crippen LogP contribution in [0.3, 0.4) is 0 Å². The number of fused-ring (bicyclic) bond motifs is 2. The number of H-pyrrole nitrogens is 1. The Kier molecular flexibility index (Phi) is 5.43. The lowest BCUT2D eigenvalue weighted by Gasteiger charge is -2.15. The lowest BCUT2D eigenvalue weighted by atomic mass is 10.0. The molecule has 0 unspecified atom stereocenters. The van der Waals surface area contributed by atoms with E-state index >= 15 is 0 Å². The number of carboxylic acid groups (broad SMARTS) is 1.